The van der Waals surface area contributed by atoms with Gasteiger partial charge in [-0.3, -0.25) is 4.79 Å². The van der Waals surface area contributed by atoms with Crippen molar-refractivity contribution in [3.63, 3.8) is 0 Å². The van der Waals surface area contributed by atoms with Crippen LogP contribution in [-0.2, 0) is 9.53 Å². The van der Waals surface area contributed by atoms with Gasteiger partial charge in [-0.05, 0) is 12.8 Å². The second-order valence-corrected chi connectivity index (χ2v) is 5.41. The van der Waals surface area contributed by atoms with E-state index in [4.69, 9.17) is 0 Å². The van der Waals surface area contributed by atoms with Gasteiger partial charge in [-0.25, -0.2) is 9.97 Å². The standard InChI is InChI=1S/C14H20F3N5O2/c1-18-11-5-12(21-9-20-11)22-4-2-3-10(22)6-19-13(23)7-24-8-14(15,16)17/h5,9-10H,2-4,6-8H2,1H3,(H,19,23)(H,18,20,21). The van der Waals surface area contributed by atoms with E-state index < -0.39 is 25.3 Å². The highest BCUT2D eigenvalue weighted by Gasteiger charge is 2.28. The molecule has 0 aliphatic carbocycles. The zero-order valence-corrected chi connectivity index (χ0v) is 13.3. The maximum absolute atomic E-state index is 12.0. The molecule has 0 radical (unpaired) electrons. The fourth-order valence-electron chi connectivity index (χ4n) is 2.53. The van der Waals surface area contributed by atoms with Gasteiger partial charge in [0.2, 0.25) is 5.91 Å². The van der Waals surface area contributed by atoms with Gasteiger partial charge in [-0.1, -0.05) is 0 Å². The van der Waals surface area contributed by atoms with E-state index in [0.29, 0.717) is 12.4 Å². The second kappa shape index (κ2) is 8.13. The Labute approximate surface area is 137 Å². The number of carbonyl (C=O) groups is 1. The average Bonchev–Trinajstić information content (AvgIpc) is 3.00. The summed E-state index contributed by atoms with van der Waals surface area (Å²) >= 11 is 0. The number of ether oxygens (including phenoxy) is 1. The molecule has 0 aromatic carbocycles. The zero-order chi connectivity index (χ0) is 17.6. The number of hydrogen-bond donors (Lipinski definition) is 2. The van der Waals surface area contributed by atoms with Crippen LogP contribution >= 0.6 is 0 Å². The molecule has 7 nitrogen and oxygen atoms in total. The highest BCUT2D eigenvalue weighted by atomic mass is 19.4. The molecule has 1 atom stereocenters. The molecule has 134 valence electrons. The molecule has 1 aromatic rings. The number of nitrogens with one attached hydrogen (secondary N) is 2. The molecule has 1 unspecified atom stereocenters. The minimum atomic E-state index is -4.43. The van der Waals surface area contributed by atoms with Crippen LogP contribution in [0.15, 0.2) is 12.4 Å². The van der Waals surface area contributed by atoms with Gasteiger partial charge in [0.15, 0.2) is 0 Å². The van der Waals surface area contributed by atoms with Gasteiger partial charge in [-0.15, -0.1) is 0 Å². The normalized spacial score (nSPS) is 17.8. The first-order valence-electron chi connectivity index (χ1n) is 7.56. The van der Waals surface area contributed by atoms with Crippen LogP contribution in [0.2, 0.25) is 0 Å². The average molecular weight is 347 g/mol. The Bertz CT molecular complexity index is 555. The Morgan fingerprint density at radius 1 is 1.46 bits per heavy atom. The Kier molecular flexibility index (Phi) is 6.18. The molecule has 2 N–H and O–H groups in total. The quantitative estimate of drug-likeness (QED) is 0.771. The summed E-state index contributed by atoms with van der Waals surface area (Å²) in [7, 11) is 1.76. The minimum absolute atomic E-state index is 0.0381. The summed E-state index contributed by atoms with van der Waals surface area (Å²) in [5.74, 6) is 0.874. The van der Waals surface area contributed by atoms with Crippen molar-refractivity contribution in [1.29, 1.82) is 0 Å². The van der Waals surface area contributed by atoms with Gasteiger partial charge in [0.05, 0.1) is 0 Å². The first-order chi connectivity index (χ1) is 11.4. The van der Waals surface area contributed by atoms with Crippen LogP contribution in [0.4, 0.5) is 24.8 Å². The molecule has 2 rings (SSSR count). The second-order valence-electron chi connectivity index (χ2n) is 5.41. The zero-order valence-electron chi connectivity index (χ0n) is 13.3. The van der Waals surface area contributed by atoms with Crippen molar-refractivity contribution in [1.82, 2.24) is 15.3 Å². The Balaban J connectivity index is 1.82. The summed E-state index contributed by atoms with van der Waals surface area (Å²) in [4.78, 5) is 21.9. The van der Waals surface area contributed by atoms with Crippen molar-refractivity contribution >= 4 is 17.5 Å². The molecule has 1 fully saturated rings. The van der Waals surface area contributed by atoms with Gasteiger partial charge in [0.1, 0.15) is 31.2 Å². The van der Waals surface area contributed by atoms with E-state index in [2.05, 4.69) is 30.2 Å². The van der Waals surface area contributed by atoms with Crippen molar-refractivity contribution in [2.24, 2.45) is 0 Å². The molecule has 0 spiro atoms. The molecular weight excluding hydrogens is 327 g/mol. The van der Waals surface area contributed by atoms with Gasteiger partial charge in [0.25, 0.3) is 0 Å². The molecule has 0 saturated carbocycles. The summed E-state index contributed by atoms with van der Waals surface area (Å²) < 4.78 is 40.2. The van der Waals surface area contributed by atoms with Gasteiger partial charge in [-0.2, -0.15) is 13.2 Å². The van der Waals surface area contributed by atoms with E-state index in [9.17, 15) is 18.0 Å². The third-order valence-electron chi connectivity index (χ3n) is 3.61. The molecule has 1 amide bonds. The van der Waals surface area contributed by atoms with Gasteiger partial charge in [0, 0.05) is 32.2 Å². The molecular formula is C14H20F3N5O2. The number of hydrogen-bond acceptors (Lipinski definition) is 6. The summed E-state index contributed by atoms with van der Waals surface area (Å²) in [6.07, 6.45) is -1.16. The van der Waals surface area contributed by atoms with Crippen LogP contribution in [-0.4, -0.2) is 61.4 Å². The van der Waals surface area contributed by atoms with Crippen molar-refractivity contribution in [3.05, 3.63) is 12.4 Å². The lowest BCUT2D eigenvalue weighted by atomic mass is 10.2. The van der Waals surface area contributed by atoms with Crippen LogP contribution in [0.5, 0.6) is 0 Å². The lowest BCUT2D eigenvalue weighted by molar-refractivity contribution is -0.175. The molecule has 1 aromatic heterocycles. The lowest BCUT2D eigenvalue weighted by Crippen LogP contribution is -2.42. The molecule has 1 saturated heterocycles. The third-order valence-corrected chi connectivity index (χ3v) is 3.61. The third kappa shape index (κ3) is 5.52. The topological polar surface area (TPSA) is 79.4 Å². The van der Waals surface area contributed by atoms with E-state index in [1.165, 1.54) is 6.33 Å². The summed E-state index contributed by atoms with van der Waals surface area (Å²) in [6.45, 7) is -0.911. The van der Waals surface area contributed by atoms with Crippen molar-refractivity contribution in [3.8, 4) is 0 Å². The Morgan fingerprint density at radius 3 is 2.96 bits per heavy atom. The molecule has 10 heteroatoms. The maximum atomic E-state index is 12.0. The van der Waals surface area contributed by atoms with Crippen LogP contribution in [0.1, 0.15) is 12.8 Å². The van der Waals surface area contributed by atoms with E-state index >= 15 is 0 Å². The Morgan fingerprint density at radius 2 is 2.25 bits per heavy atom. The number of amides is 1. The first-order valence-corrected chi connectivity index (χ1v) is 7.56. The van der Waals surface area contributed by atoms with Crippen molar-refractivity contribution < 1.29 is 22.7 Å². The number of carbonyl (C=O) groups excluding carboxylic acids is 1. The van der Waals surface area contributed by atoms with E-state index in [1.807, 2.05) is 6.07 Å². The molecule has 1 aliphatic heterocycles. The number of aromatic nitrogens is 2. The van der Waals surface area contributed by atoms with Crippen LogP contribution in [0.25, 0.3) is 0 Å². The SMILES string of the molecule is CNc1cc(N2CCCC2CNC(=O)COCC(F)(F)F)ncn1. The molecule has 2 heterocycles. The predicted molar refractivity (Wildman–Crippen MR) is 81.8 cm³/mol. The maximum Gasteiger partial charge on any atom is 0.411 e. The molecule has 1 aliphatic rings. The smallest absolute Gasteiger partial charge is 0.373 e. The lowest BCUT2D eigenvalue weighted by Gasteiger charge is -2.26. The highest BCUT2D eigenvalue weighted by molar-refractivity contribution is 5.77. The van der Waals surface area contributed by atoms with E-state index in [1.54, 1.807) is 7.05 Å². The fourth-order valence-corrected chi connectivity index (χ4v) is 2.53. The largest absolute Gasteiger partial charge is 0.411 e. The van der Waals surface area contributed by atoms with Crippen molar-refractivity contribution in [2.45, 2.75) is 25.1 Å². The number of rotatable bonds is 7. The first kappa shape index (κ1) is 18.2. The minimum Gasteiger partial charge on any atom is -0.373 e. The van der Waals surface area contributed by atoms with Crippen LogP contribution in [0.3, 0.4) is 0 Å². The number of nitrogens with zero attached hydrogens (tertiary/aromatic N) is 3. The monoisotopic (exact) mass is 347 g/mol. The fraction of sp³-hybridized carbons (Fsp3) is 0.643. The van der Waals surface area contributed by atoms with E-state index in [0.717, 1.165) is 25.2 Å². The van der Waals surface area contributed by atoms with Crippen LogP contribution < -0.4 is 15.5 Å². The number of anilines is 2. The number of halogens is 3. The van der Waals surface area contributed by atoms with Crippen molar-refractivity contribution in [2.75, 3.05) is 43.6 Å². The summed E-state index contributed by atoms with van der Waals surface area (Å²) in [5.41, 5.74) is 0. The highest BCUT2D eigenvalue weighted by Crippen LogP contribution is 2.24. The van der Waals surface area contributed by atoms with Crippen LogP contribution in [0, 0.1) is 0 Å². The summed E-state index contributed by atoms with van der Waals surface area (Å²) in [6, 6.07) is 1.85. The predicted octanol–water partition coefficient (Wildman–Crippen LogP) is 1.18. The van der Waals surface area contributed by atoms with Gasteiger partial charge >= 0.3 is 6.18 Å². The summed E-state index contributed by atoms with van der Waals surface area (Å²) in [5, 5.41) is 5.54. The van der Waals surface area contributed by atoms with Gasteiger partial charge < -0.3 is 20.3 Å². The van der Waals surface area contributed by atoms with E-state index in [-0.39, 0.29) is 6.04 Å². The molecule has 0 bridgehead atoms. The number of alkyl halides is 3. The Hall–Kier alpha value is -2.10. The molecule has 24 heavy (non-hydrogen) atoms.